The van der Waals surface area contributed by atoms with Crippen LogP contribution < -0.4 is 11.1 Å². The van der Waals surface area contributed by atoms with Gasteiger partial charge in [-0.2, -0.15) is 18.3 Å². The first kappa shape index (κ1) is 25.6. The standard InChI is InChI=1S/C28H26F3N5O2/c29-28(30,31)25-14-24(36(35-25)23-8-1-4-19(12-23)15-32)27(37)34-22-7-2-5-20(13-22)26(38-17-18-9-10-18)21-6-3-11-33-16-21/h1-8,11-14,16,18,26H,9-10,15,17,32H2,(H,34,37). The van der Waals surface area contributed by atoms with Gasteiger partial charge in [0.05, 0.1) is 12.3 Å². The molecule has 0 radical (unpaired) electrons. The molecule has 1 fully saturated rings. The molecule has 2 aromatic carbocycles. The van der Waals surface area contributed by atoms with Crippen LogP contribution in [0.3, 0.4) is 0 Å². The number of hydrogen-bond donors (Lipinski definition) is 2. The van der Waals surface area contributed by atoms with Gasteiger partial charge in [-0.05, 0) is 60.2 Å². The average molecular weight is 522 g/mol. The van der Waals surface area contributed by atoms with Crippen molar-refractivity contribution >= 4 is 11.6 Å². The lowest BCUT2D eigenvalue weighted by molar-refractivity contribution is -0.141. The van der Waals surface area contributed by atoms with E-state index in [1.165, 1.54) is 0 Å². The summed E-state index contributed by atoms with van der Waals surface area (Å²) in [6, 6.07) is 18.1. The first-order chi connectivity index (χ1) is 18.3. The maximum absolute atomic E-state index is 13.5. The number of nitrogens with zero attached hydrogens (tertiary/aromatic N) is 3. The molecule has 3 N–H and O–H groups in total. The number of halogens is 3. The van der Waals surface area contributed by atoms with Gasteiger partial charge in [0.25, 0.3) is 5.91 Å². The zero-order valence-corrected chi connectivity index (χ0v) is 20.4. The molecule has 1 aliphatic rings. The third-order valence-electron chi connectivity index (χ3n) is 6.25. The van der Waals surface area contributed by atoms with E-state index >= 15 is 0 Å². The third-order valence-corrected chi connectivity index (χ3v) is 6.25. The van der Waals surface area contributed by atoms with E-state index < -0.39 is 23.9 Å². The Hall–Kier alpha value is -4.02. The number of alkyl halides is 3. The summed E-state index contributed by atoms with van der Waals surface area (Å²) in [5, 5.41) is 6.41. The molecule has 10 heteroatoms. The van der Waals surface area contributed by atoms with E-state index in [0.29, 0.717) is 29.5 Å². The van der Waals surface area contributed by atoms with Crippen molar-refractivity contribution in [2.75, 3.05) is 11.9 Å². The Bertz CT molecular complexity index is 1420. The van der Waals surface area contributed by atoms with E-state index in [1.54, 1.807) is 54.9 Å². The lowest BCUT2D eigenvalue weighted by atomic mass is 10.0. The van der Waals surface area contributed by atoms with Crippen molar-refractivity contribution in [1.29, 1.82) is 0 Å². The van der Waals surface area contributed by atoms with Crippen LogP contribution >= 0.6 is 0 Å². The lowest BCUT2D eigenvalue weighted by Crippen LogP contribution is -2.17. The summed E-state index contributed by atoms with van der Waals surface area (Å²) >= 11 is 0. The monoisotopic (exact) mass is 521 g/mol. The van der Waals surface area contributed by atoms with Gasteiger partial charge in [-0.25, -0.2) is 4.68 Å². The Morgan fingerprint density at radius 2 is 1.87 bits per heavy atom. The third kappa shape index (κ3) is 5.92. The zero-order valence-electron chi connectivity index (χ0n) is 20.4. The van der Waals surface area contributed by atoms with E-state index in [4.69, 9.17) is 10.5 Å². The first-order valence-electron chi connectivity index (χ1n) is 12.2. The quantitative estimate of drug-likeness (QED) is 0.303. The van der Waals surface area contributed by atoms with Crippen LogP contribution in [-0.4, -0.2) is 27.3 Å². The SMILES string of the molecule is NCc1cccc(-n2nc(C(F)(F)F)cc2C(=O)Nc2cccc(C(OCC3CC3)c3cccnc3)c2)c1. The number of amides is 1. The van der Waals surface area contributed by atoms with Crippen LogP contribution in [0.5, 0.6) is 0 Å². The van der Waals surface area contributed by atoms with Gasteiger partial charge in [-0.3, -0.25) is 9.78 Å². The Morgan fingerprint density at radius 3 is 2.58 bits per heavy atom. The molecule has 1 amide bonds. The number of pyridine rings is 1. The molecule has 0 saturated heterocycles. The van der Waals surface area contributed by atoms with Crippen LogP contribution in [0, 0.1) is 5.92 Å². The molecular weight excluding hydrogens is 495 g/mol. The molecule has 38 heavy (non-hydrogen) atoms. The first-order valence-corrected chi connectivity index (χ1v) is 12.2. The van der Waals surface area contributed by atoms with Gasteiger partial charge in [-0.1, -0.05) is 30.3 Å². The molecular formula is C28H26F3N5O2. The van der Waals surface area contributed by atoms with Crippen LogP contribution in [0.4, 0.5) is 18.9 Å². The number of hydrogen-bond acceptors (Lipinski definition) is 5. The van der Waals surface area contributed by atoms with Crippen molar-refractivity contribution in [1.82, 2.24) is 14.8 Å². The summed E-state index contributed by atoms with van der Waals surface area (Å²) < 4.78 is 47.8. The normalized spacial score (nSPS) is 14.3. The van der Waals surface area contributed by atoms with E-state index in [2.05, 4.69) is 15.4 Å². The van der Waals surface area contributed by atoms with Crippen LogP contribution in [0.1, 0.15) is 51.8 Å². The Labute approximate surface area is 217 Å². The summed E-state index contributed by atoms with van der Waals surface area (Å²) in [5.74, 6) is -0.196. The van der Waals surface area contributed by atoms with Crippen molar-refractivity contribution in [2.45, 2.75) is 31.7 Å². The van der Waals surface area contributed by atoms with Crippen LogP contribution in [0.25, 0.3) is 5.69 Å². The van der Waals surface area contributed by atoms with Gasteiger partial charge in [0.2, 0.25) is 0 Å². The minimum atomic E-state index is -4.72. The Balaban J connectivity index is 1.44. The van der Waals surface area contributed by atoms with E-state index in [0.717, 1.165) is 34.7 Å². The van der Waals surface area contributed by atoms with Gasteiger partial charge >= 0.3 is 6.18 Å². The zero-order chi connectivity index (χ0) is 26.7. The molecule has 196 valence electrons. The number of aromatic nitrogens is 3. The predicted octanol–water partition coefficient (Wildman–Crippen LogP) is 5.51. The molecule has 1 saturated carbocycles. The van der Waals surface area contributed by atoms with Gasteiger partial charge in [0.15, 0.2) is 5.69 Å². The van der Waals surface area contributed by atoms with E-state index in [-0.39, 0.29) is 12.2 Å². The number of carbonyl (C=O) groups excluding carboxylic acids is 1. The molecule has 2 aromatic heterocycles. The van der Waals surface area contributed by atoms with Gasteiger partial charge < -0.3 is 15.8 Å². The van der Waals surface area contributed by atoms with Gasteiger partial charge in [0.1, 0.15) is 11.8 Å². The smallest absolute Gasteiger partial charge is 0.368 e. The maximum Gasteiger partial charge on any atom is 0.435 e. The van der Waals surface area contributed by atoms with Crippen molar-refractivity contribution in [3.05, 3.63) is 107 Å². The molecule has 1 aliphatic carbocycles. The number of benzene rings is 2. The van der Waals surface area contributed by atoms with Crippen LogP contribution in [-0.2, 0) is 17.5 Å². The van der Waals surface area contributed by atoms with Crippen molar-refractivity contribution in [3.8, 4) is 5.69 Å². The Kier molecular flexibility index (Phi) is 7.26. The average Bonchev–Trinajstić information content (AvgIpc) is 3.63. The number of rotatable bonds is 9. The topological polar surface area (TPSA) is 95.1 Å². The maximum atomic E-state index is 13.5. The highest BCUT2D eigenvalue weighted by atomic mass is 19.4. The molecule has 5 rings (SSSR count). The molecule has 1 unspecified atom stereocenters. The summed E-state index contributed by atoms with van der Waals surface area (Å²) in [7, 11) is 0. The molecule has 0 bridgehead atoms. The van der Waals surface area contributed by atoms with Crippen LogP contribution in [0.15, 0.2) is 79.1 Å². The van der Waals surface area contributed by atoms with Gasteiger partial charge in [-0.15, -0.1) is 0 Å². The van der Waals surface area contributed by atoms with E-state index in [9.17, 15) is 18.0 Å². The molecule has 0 aliphatic heterocycles. The predicted molar refractivity (Wildman–Crippen MR) is 136 cm³/mol. The summed E-state index contributed by atoms with van der Waals surface area (Å²) in [4.78, 5) is 17.5. The second-order valence-corrected chi connectivity index (χ2v) is 9.22. The second-order valence-electron chi connectivity index (χ2n) is 9.22. The van der Waals surface area contributed by atoms with Crippen LogP contribution in [0.2, 0.25) is 0 Å². The molecule has 0 spiro atoms. The molecule has 4 aromatic rings. The second kappa shape index (κ2) is 10.8. The van der Waals surface area contributed by atoms with Gasteiger partial charge in [0, 0.05) is 36.3 Å². The minimum Gasteiger partial charge on any atom is -0.368 e. The number of nitrogens with one attached hydrogen (secondary N) is 1. The summed E-state index contributed by atoms with van der Waals surface area (Å²) in [5.41, 5.74) is 7.32. The molecule has 2 heterocycles. The largest absolute Gasteiger partial charge is 0.435 e. The number of ether oxygens (including phenoxy) is 1. The highest BCUT2D eigenvalue weighted by Crippen LogP contribution is 2.34. The minimum absolute atomic E-state index is 0.191. The molecule has 1 atom stereocenters. The highest BCUT2D eigenvalue weighted by molar-refractivity contribution is 6.03. The van der Waals surface area contributed by atoms with Crippen molar-refractivity contribution in [2.24, 2.45) is 11.7 Å². The van der Waals surface area contributed by atoms with Crippen molar-refractivity contribution < 1.29 is 22.7 Å². The summed E-state index contributed by atoms with van der Waals surface area (Å²) in [6.07, 6.45) is 0.564. The number of anilines is 1. The fraction of sp³-hybridized carbons (Fsp3) is 0.250. The number of carbonyl (C=O) groups is 1. The molecule has 7 nitrogen and oxygen atoms in total. The van der Waals surface area contributed by atoms with E-state index in [1.807, 2.05) is 18.2 Å². The number of nitrogens with two attached hydrogens (primary N) is 1. The fourth-order valence-corrected chi connectivity index (χ4v) is 4.10. The van der Waals surface area contributed by atoms with Crippen molar-refractivity contribution in [3.63, 3.8) is 0 Å². The Morgan fingerprint density at radius 1 is 1.08 bits per heavy atom. The fourth-order valence-electron chi connectivity index (χ4n) is 4.10. The summed E-state index contributed by atoms with van der Waals surface area (Å²) in [6.45, 7) is 0.799. The highest BCUT2D eigenvalue weighted by Gasteiger charge is 2.36. The lowest BCUT2D eigenvalue weighted by Gasteiger charge is -2.19.